The highest BCUT2D eigenvalue weighted by molar-refractivity contribution is 6.03. The molecule has 0 radical (unpaired) electrons. The van der Waals surface area contributed by atoms with Crippen LogP contribution in [0.3, 0.4) is 0 Å². The summed E-state index contributed by atoms with van der Waals surface area (Å²) in [7, 11) is 0. The molecule has 2 N–H and O–H groups in total. The van der Waals surface area contributed by atoms with Crippen molar-refractivity contribution in [2.75, 3.05) is 29.9 Å². The second-order valence-electron chi connectivity index (χ2n) is 5.02. The molecule has 2 amide bonds. The summed E-state index contributed by atoms with van der Waals surface area (Å²) < 4.78 is 38.1. The Balaban J connectivity index is 1.94. The largest absolute Gasteiger partial charge is 0.465 e. The van der Waals surface area contributed by atoms with Crippen molar-refractivity contribution in [1.82, 2.24) is 9.88 Å². The summed E-state index contributed by atoms with van der Waals surface area (Å²) in [4.78, 5) is 29.4. The molecular weight excluding hydrogens is 305 g/mol. The number of alkyl halides is 3. The molecule has 0 bridgehead atoms. The second-order valence-corrected chi connectivity index (χ2v) is 5.02. The minimum absolute atomic E-state index is 0.0140. The van der Waals surface area contributed by atoms with Gasteiger partial charge in [-0.3, -0.25) is 4.79 Å². The van der Waals surface area contributed by atoms with Gasteiger partial charge in [-0.25, -0.2) is 9.78 Å². The zero-order chi connectivity index (χ0) is 16.1. The Hall–Kier alpha value is -2.52. The first-order chi connectivity index (χ1) is 10.3. The Kier molecular flexibility index (Phi) is 3.11. The summed E-state index contributed by atoms with van der Waals surface area (Å²) in [5.41, 5.74) is -0.964. The number of hydrogen-bond acceptors (Lipinski definition) is 4. The number of carbonyl (C=O) groups excluding carboxylic acids is 1. The van der Waals surface area contributed by atoms with E-state index in [0.29, 0.717) is 6.20 Å². The van der Waals surface area contributed by atoms with Crippen molar-refractivity contribution in [2.24, 2.45) is 0 Å². The number of hydrogen-bond donors (Lipinski definition) is 2. The lowest BCUT2D eigenvalue weighted by molar-refractivity contribution is -0.137. The first-order valence-electron chi connectivity index (χ1n) is 6.40. The third kappa shape index (κ3) is 2.30. The molecule has 1 saturated heterocycles. The predicted molar refractivity (Wildman–Crippen MR) is 68.6 cm³/mol. The normalized spacial score (nSPS) is 21.0. The maximum absolute atomic E-state index is 12.7. The van der Waals surface area contributed by atoms with E-state index in [1.165, 1.54) is 4.90 Å². The predicted octanol–water partition coefficient (Wildman–Crippen LogP) is 1.22. The summed E-state index contributed by atoms with van der Waals surface area (Å²) in [6, 6.07) is 0.0432. The van der Waals surface area contributed by atoms with Gasteiger partial charge < -0.3 is 20.2 Å². The van der Waals surface area contributed by atoms with Crippen LogP contribution in [-0.2, 0) is 11.0 Å². The number of amides is 2. The number of fused-ring (bicyclic) bond motifs is 3. The fraction of sp³-hybridized carbons (Fsp3) is 0.417. The standard InChI is InChI=1S/C12H11F3N4O3/c13-12(14,15)6-3-7-9(16-4-6)19-2-1-18(11(21)22)5-8(19)10(20)17-7/h3-4,8H,1-2,5H2,(H,17,20)(H,21,22)/t8-/m1/s1. The second kappa shape index (κ2) is 4.75. The lowest BCUT2D eigenvalue weighted by Gasteiger charge is -2.43. The molecule has 3 heterocycles. The fourth-order valence-corrected chi connectivity index (χ4v) is 2.58. The molecule has 0 aromatic carbocycles. The number of halogens is 3. The average molecular weight is 316 g/mol. The monoisotopic (exact) mass is 316 g/mol. The summed E-state index contributed by atoms with van der Waals surface area (Å²) in [6.45, 7) is 0.292. The van der Waals surface area contributed by atoms with E-state index in [9.17, 15) is 22.8 Å². The van der Waals surface area contributed by atoms with Crippen molar-refractivity contribution in [3.63, 3.8) is 0 Å². The molecule has 0 unspecified atom stereocenters. The van der Waals surface area contributed by atoms with Crippen molar-refractivity contribution < 1.29 is 27.9 Å². The number of carboxylic acid groups (broad SMARTS) is 1. The molecular formula is C12H11F3N4O3. The SMILES string of the molecule is O=C1Nc2cc(C(F)(F)F)cnc2N2CCN(C(=O)O)C[C@H]12. The highest BCUT2D eigenvalue weighted by Crippen LogP contribution is 2.37. The molecule has 0 spiro atoms. The molecule has 2 aliphatic heterocycles. The van der Waals surface area contributed by atoms with Gasteiger partial charge in [0.15, 0.2) is 5.82 Å². The molecule has 0 saturated carbocycles. The van der Waals surface area contributed by atoms with Gasteiger partial charge in [-0.1, -0.05) is 0 Å². The lowest BCUT2D eigenvalue weighted by atomic mass is 10.1. The summed E-state index contributed by atoms with van der Waals surface area (Å²) >= 11 is 0. The number of anilines is 2. The zero-order valence-electron chi connectivity index (χ0n) is 11.1. The van der Waals surface area contributed by atoms with E-state index in [1.807, 2.05) is 0 Å². The van der Waals surface area contributed by atoms with E-state index >= 15 is 0 Å². The van der Waals surface area contributed by atoms with Gasteiger partial charge in [-0.2, -0.15) is 13.2 Å². The Labute approximate surface area is 122 Å². The van der Waals surface area contributed by atoms with Gasteiger partial charge in [-0.15, -0.1) is 0 Å². The Morgan fingerprint density at radius 1 is 1.41 bits per heavy atom. The highest BCUT2D eigenvalue weighted by atomic mass is 19.4. The van der Waals surface area contributed by atoms with E-state index in [4.69, 9.17) is 5.11 Å². The number of rotatable bonds is 0. The molecule has 0 aliphatic carbocycles. The number of pyridine rings is 1. The Bertz CT molecular complexity index is 649. The fourth-order valence-electron chi connectivity index (χ4n) is 2.58. The van der Waals surface area contributed by atoms with Gasteiger partial charge in [-0.05, 0) is 6.07 Å². The molecule has 10 heteroatoms. The maximum atomic E-state index is 12.7. The minimum atomic E-state index is -4.55. The van der Waals surface area contributed by atoms with E-state index in [2.05, 4.69) is 10.3 Å². The summed E-state index contributed by atoms with van der Waals surface area (Å²) in [5.74, 6) is -0.317. The van der Waals surface area contributed by atoms with E-state index in [1.54, 1.807) is 0 Å². The van der Waals surface area contributed by atoms with Crippen LogP contribution in [0.25, 0.3) is 0 Å². The quantitative estimate of drug-likeness (QED) is 0.752. The number of aromatic nitrogens is 1. The molecule has 22 heavy (non-hydrogen) atoms. The van der Waals surface area contributed by atoms with Crippen LogP contribution in [0.1, 0.15) is 5.56 Å². The Morgan fingerprint density at radius 3 is 2.77 bits per heavy atom. The smallest absolute Gasteiger partial charge is 0.417 e. The van der Waals surface area contributed by atoms with E-state index in [0.717, 1.165) is 11.0 Å². The number of nitrogens with zero attached hydrogens (tertiary/aromatic N) is 3. The number of piperazine rings is 1. The zero-order valence-corrected chi connectivity index (χ0v) is 11.1. The summed E-state index contributed by atoms with van der Waals surface area (Å²) in [6.07, 6.45) is -4.98. The van der Waals surface area contributed by atoms with Crippen molar-refractivity contribution >= 4 is 23.5 Å². The van der Waals surface area contributed by atoms with Gasteiger partial charge >= 0.3 is 12.3 Å². The maximum Gasteiger partial charge on any atom is 0.417 e. The lowest BCUT2D eigenvalue weighted by Crippen LogP contribution is -2.61. The van der Waals surface area contributed by atoms with Crippen molar-refractivity contribution in [1.29, 1.82) is 0 Å². The van der Waals surface area contributed by atoms with E-state index < -0.39 is 29.8 Å². The van der Waals surface area contributed by atoms with Crippen LogP contribution in [-0.4, -0.2) is 52.7 Å². The molecule has 118 valence electrons. The van der Waals surface area contributed by atoms with Gasteiger partial charge in [0.1, 0.15) is 6.04 Å². The van der Waals surface area contributed by atoms with Crippen LogP contribution >= 0.6 is 0 Å². The summed E-state index contributed by atoms with van der Waals surface area (Å²) in [5, 5.41) is 11.3. The topological polar surface area (TPSA) is 85.8 Å². The van der Waals surface area contributed by atoms with Gasteiger partial charge in [0.2, 0.25) is 5.91 Å². The first kappa shape index (κ1) is 14.4. The first-order valence-corrected chi connectivity index (χ1v) is 6.40. The van der Waals surface area contributed by atoms with Crippen LogP contribution < -0.4 is 10.2 Å². The molecule has 3 rings (SSSR count). The number of nitrogens with one attached hydrogen (secondary N) is 1. The van der Waals surface area contributed by atoms with Crippen molar-refractivity contribution in [3.8, 4) is 0 Å². The molecule has 1 aromatic rings. The minimum Gasteiger partial charge on any atom is -0.465 e. The van der Waals surface area contributed by atoms with Gasteiger partial charge in [0, 0.05) is 19.3 Å². The molecule has 1 atom stereocenters. The van der Waals surface area contributed by atoms with E-state index in [-0.39, 0.29) is 31.1 Å². The molecule has 2 aliphatic rings. The Morgan fingerprint density at radius 2 is 2.14 bits per heavy atom. The molecule has 1 aromatic heterocycles. The number of carbonyl (C=O) groups is 2. The van der Waals surface area contributed by atoms with Crippen LogP contribution in [0.4, 0.5) is 29.5 Å². The third-order valence-corrected chi connectivity index (χ3v) is 3.68. The van der Waals surface area contributed by atoms with Crippen LogP contribution in [0, 0.1) is 0 Å². The van der Waals surface area contributed by atoms with Crippen LogP contribution in [0.15, 0.2) is 12.3 Å². The molecule has 1 fully saturated rings. The van der Waals surface area contributed by atoms with Gasteiger partial charge in [0.05, 0.1) is 17.8 Å². The van der Waals surface area contributed by atoms with Crippen LogP contribution in [0.5, 0.6) is 0 Å². The average Bonchev–Trinajstić information content (AvgIpc) is 2.45. The highest BCUT2D eigenvalue weighted by Gasteiger charge is 2.41. The van der Waals surface area contributed by atoms with Gasteiger partial charge in [0.25, 0.3) is 0 Å². The molecule has 7 nitrogen and oxygen atoms in total. The van der Waals surface area contributed by atoms with Crippen molar-refractivity contribution in [3.05, 3.63) is 17.8 Å². The third-order valence-electron chi connectivity index (χ3n) is 3.68. The van der Waals surface area contributed by atoms with Crippen LogP contribution in [0.2, 0.25) is 0 Å². The van der Waals surface area contributed by atoms with Crippen molar-refractivity contribution in [2.45, 2.75) is 12.2 Å².